The van der Waals surface area contributed by atoms with Crippen molar-refractivity contribution in [3.63, 3.8) is 0 Å². The van der Waals surface area contributed by atoms with Crippen LogP contribution in [0, 0.1) is 6.92 Å². The SMILES string of the molecule is Cc1ccccc1C(NN)c1cc(Cl)cc(Br)c1. The highest BCUT2D eigenvalue weighted by Gasteiger charge is 2.15. The molecule has 1 atom stereocenters. The number of nitrogens with one attached hydrogen (secondary N) is 1. The maximum atomic E-state index is 6.08. The van der Waals surface area contributed by atoms with E-state index in [1.165, 1.54) is 5.56 Å². The quantitative estimate of drug-likeness (QED) is 0.662. The molecule has 94 valence electrons. The summed E-state index contributed by atoms with van der Waals surface area (Å²) >= 11 is 9.53. The lowest BCUT2D eigenvalue weighted by molar-refractivity contribution is 0.633. The summed E-state index contributed by atoms with van der Waals surface area (Å²) in [4.78, 5) is 0. The molecule has 0 spiro atoms. The first-order valence-corrected chi connectivity index (χ1v) is 6.76. The highest BCUT2D eigenvalue weighted by Crippen LogP contribution is 2.28. The fraction of sp³-hybridized carbons (Fsp3) is 0.143. The predicted molar refractivity (Wildman–Crippen MR) is 79.5 cm³/mol. The number of aryl methyl sites for hydroxylation is 1. The number of hydrogen-bond donors (Lipinski definition) is 2. The van der Waals surface area contributed by atoms with E-state index in [4.69, 9.17) is 17.4 Å². The molecule has 4 heteroatoms. The van der Waals surface area contributed by atoms with E-state index in [2.05, 4.69) is 40.4 Å². The van der Waals surface area contributed by atoms with E-state index >= 15 is 0 Å². The number of halogens is 2. The molecule has 0 amide bonds. The molecule has 0 radical (unpaired) electrons. The molecule has 0 fully saturated rings. The number of benzene rings is 2. The van der Waals surface area contributed by atoms with Crippen LogP contribution in [0.15, 0.2) is 46.9 Å². The first-order valence-electron chi connectivity index (χ1n) is 5.59. The molecule has 18 heavy (non-hydrogen) atoms. The fourth-order valence-corrected chi connectivity index (χ4v) is 2.90. The van der Waals surface area contributed by atoms with Gasteiger partial charge in [0.15, 0.2) is 0 Å². The summed E-state index contributed by atoms with van der Waals surface area (Å²) in [6, 6.07) is 13.9. The minimum absolute atomic E-state index is 0.0683. The van der Waals surface area contributed by atoms with Crippen molar-refractivity contribution in [1.82, 2.24) is 5.43 Å². The summed E-state index contributed by atoms with van der Waals surface area (Å²) in [5.74, 6) is 5.70. The Balaban J connectivity index is 2.48. The Morgan fingerprint density at radius 1 is 1.22 bits per heavy atom. The lowest BCUT2D eigenvalue weighted by Crippen LogP contribution is -2.29. The van der Waals surface area contributed by atoms with Crippen molar-refractivity contribution in [2.75, 3.05) is 0 Å². The standard InChI is InChI=1S/C14H14BrClN2/c1-9-4-2-3-5-13(9)14(18-17)10-6-11(15)8-12(16)7-10/h2-8,14,18H,17H2,1H3. The largest absolute Gasteiger partial charge is 0.271 e. The van der Waals surface area contributed by atoms with Gasteiger partial charge in [-0.3, -0.25) is 5.84 Å². The molecule has 2 rings (SSSR count). The van der Waals surface area contributed by atoms with Crippen molar-refractivity contribution in [3.05, 3.63) is 68.7 Å². The zero-order valence-electron chi connectivity index (χ0n) is 9.95. The molecule has 0 aliphatic heterocycles. The van der Waals surface area contributed by atoms with E-state index in [0.717, 1.165) is 15.6 Å². The van der Waals surface area contributed by atoms with Gasteiger partial charge in [-0.25, -0.2) is 5.43 Å². The average molecular weight is 326 g/mol. The average Bonchev–Trinajstić information content (AvgIpc) is 2.31. The Bertz CT molecular complexity index is 537. The minimum Gasteiger partial charge on any atom is -0.271 e. The second-order valence-corrected chi connectivity index (χ2v) is 5.51. The van der Waals surface area contributed by atoms with Gasteiger partial charge in [0.05, 0.1) is 6.04 Å². The van der Waals surface area contributed by atoms with Crippen molar-refractivity contribution >= 4 is 27.5 Å². The van der Waals surface area contributed by atoms with E-state index in [-0.39, 0.29) is 6.04 Å². The number of nitrogens with two attached hydrogens (primary N) is 1. The molecule has 2 aromatic carbocycles. The Labute approximate surface area is 120 Å². The Kier molecular flexibility index (Phi) is 4.40. The van der Waals surface area contributed by atoms with Crippen LogP contribution < -0.4 is 11.3 Å². The lowest BCUT2D eigenvalue weighted by atomic mass is 9.96. The van der Waals surface area contributed by atoms with Gasteiger partial charge in [0.25, 0.3) is 0 Å². The molecule has 1 unspecified atom stereocenters. The number of rotatable bonds is 3. The second-order valence-electron chi connectivity index (χ2n) is 4.16. The third-order valence-corrected chi connectivity index (χ3v) is 3.56. The van der Waals surface area contributed by atoms with E-state index in [1.807, 2.05) is 30.3 Å². The van der Waals surface area contributed by atoms with Gasteiger partial charge in [-0.2, -0.15) is 0 Å². The zero-order valence-corrected chi connectivity index (χ0v) is 12.3. The van der Waals surface area contributed by atoms with Crippen LogP contribution in [-0.4, -0.2) is 0 Å². The summed E-state index contributed by atoms with van der Waals surface area (Å²) in [6.45, 7) is 2.07. The normalized spacial score (nSPS) is 12.4. The molecular weight excluding hydrogens is 312 g/mol. The molecule has 0 saturated heterocycles. The van der Waals surface area contributed by atoms with Crippen LogP contribution in [0.25, 0.3) is 0 Å². The molecule has 0 bridgehead atoms. The van der Waals surface area contributed by atoms with Gasteiger partial charge >= 0.3 is 0 Å². The lowest BCUT2D eigenvalue weighted by Gasteiger charge is -2.19. The Morgan fingerprint density at radius 2 is 1.94 bits per heavy atom. The molecule has 0 heterocycles. The summed E-state index contributed by atoms with van der Waals surface area (Å²) in [5.41, 5.74) is 6.22. The molecule has 0 aliphatic rings. The molecular formula is C14H14BrClN2. The molecule has 2 aromatic rings. The van der Waals surface area contributed by atoms with Crippen LogP contribution in [-0.2, 0) is 0 Å². The molecule has 2 nitrogen and oxygen atoms in total. The zero-order chi connectivity index (χ0) is 13.1. The summed E-state index contributed by atoms with van der Waals surface area (Å²) in [5, 5.41) is 0.688. The first kappa shape index (κ1) is 13.6. The van der Waals surface area contributed by atoms with Gasteiger partial charge in [0.1, 0.15) is 0 Å². The third kappa shape index (κ3) is 2.93. The summed E-state index contributed by atoms with van der Waals surface area (Å²) < 4.78 is 0.943. The number of hydrazine groups is 1. The first-order chi connectivity index (χ1) is 8.61. The van der Waals surface area contributed by atoms with Gasteiger partial charge in [-0.1, -0.05) is 51.8 Å². The van der Waals surface area contributed by atoms with Crippen LogP contribution >= 0.6 is 27.5 Å². The molecule has 3 N–H and O–H groups in total. The van der Waals surface area contributed by atoms with Gasteiger partial charge in [-0.05, 0) is 41.8 Å². The van der Waals surface area contributed by atoms with Crippen LogP contribution in [0.5, 0.6) is 0 Å². The summed E-state index contributed by atoms with van der Waals surface area (Å²) in [6.07, 6.45) is 0. The van der Waals surface area contributed by atoms with Gasteiger partial charge in [-0.15, -0.1) is 0 Å². The third-order valence-electron chi connectivity index (χ3n) is 2.88. The van der Waals surface area contributed by atoms with E-state index in [1.54, 1.807) is 0 Å². The fourth-order valence-electron chi connectivity index (χ4n) is 2.02. The Morgan fingerprint density at radius 3 is 2.56 bits per heavy atom. The van der Waals surface area contributed by atoms with E-state index in [9.17, 15) is 0 Å². The highest BCUT2D eigenvalue weighted by molar-refractivity contribution is 9.10. The second kappa shape index (κ2) is 5.85. The monoisotopic (exact) mass is 324 g/mol. The minimum atomic E-state index is -0.0683. The maximum Gasteiger partial charge on any atom is 0.0713 e. The predicted octanol–water partition coefficient (Wildman–Crippen LogP) is 3.96. The number of hydrogen-bond acceptors (Lipinski definition) is 2. The van der Waals surface area contributed by atoms with Crippen molar-refractivity contribution in [2.24, 2.45) is 5.84 Å². The molecule has 0 aromatic heterocycles. The van der Waals surface area contributed by atoms with Crippen molar-refractivity contribution in [1.29, 1.82) is 0 Å². The smallest absolute Gasteiger partial charge is 0.0713 e. The molecule has 0 saturated carbocycles. The van der Waals surface area contributed by atoms with Crippen LogP contribution in [0.3, 0.4) is 0 Å². The summed E-state index contributed by atoms with van der Waals surface area (Å²) in [7, 11) is 0. The van der Waals surface area contributed by atoms with Crippen molar-refractivity contribution in [2.45, 2.75) is 13.0 Å². The van der Waals surface area contributed by atoms with Gasteiger partial charge < -0.3 is 0 Å². The van der Waals surface area contributed by atoms with Crippen LogP contribution in [0.2, 0.25) is 5.02 Å². The van der Waals surface area contributed by atoms with Crippen molar-refractivity contribution in [3.8, 4) is 0 Å². The van der Waals surface area contributed by atoms with Gasteiger partial charge in [0.2, 0.25) is 0 Å². The topological polar surface area (TPSA) is 38.0 Å². The van der Waals surface area contributed by atoms with Crippen LogP contribution in [0.1, 0.15) is 22.7 Å². The van der Waals surface area contributed by atoms with Crippen molar-refractivity contribution < 1.29 is 0 Å². The molecule has 0 aliphatic carbocycles. The van der Waals surface area contributed by atoms with E-state index in [0.29, 0.717) is 5.02 Å². The Hall–Kier alpha value is -0.870. The highest BCUT2D eigenvalue weighted by atomic mass is 79.9. The maximum absolute atomic E-state index is 6.08. The van der Waals surface area contributed by atoms with E-state index < -0.39 is 0 Å². The van der Waals surface area contributed by atoms with Crippen LogP contribution in [0.4, 0.5) is 0 Å². The van der Waals surface area contributed by atoms with Gasteiger partial charge in [0, 0.05) is 9.50 Å².